The molecule has 104 heavy (non-hydrogen) atoms. The molecule has 3 rings (SSSR count). The van der Waals surface area contributed by atoms with Crippen molar-refractivity contribution in [3.63, 3.8) is 0 Å². The first-order valence-electron chi connectivity index (χ1n) is 37.3. The Balaban J connectivity index is 1.64. The van der Waals surface area contributed by atoms with Gasteiger partial charge in [0, 0.05) is 110 Å². The molecule has 3 aliphatic rings. The lowest BCUT2D eigenvalue weighted by Gasteiger charge is -2.42. The third kappa shape index (κ3) is 35.4. The molecule has 0 aromatic rings. The second kappa shape index (κ2) is 50.7. The first-order valence-corrected chi connectivity index (χ1v) is 39.1. The molecule has 2 heterocycles. The van der Waals surface area contributed by atoms with Crippen molar-refractivity contribution >= 4 is 66.7 Å². The van der Waals surface area contributed by atoms with E-state index in [2.05, 4.69) is 48.8 Å². The molecule has 1 aliphatic carbocycles. The van der Waals surface area contributed by atoms with Gasteiger partial charge >= 0.3 is 0 Å². The summed E-state index contributed by atoms with van der Waals surface area (Å²) in [6.45, 7) is 9.39. The van der Waals surface area contributed by atoms with Gasteiger partial charge in [0.15, 0.2) is 18.4 Å². The van der Waals surface area contributed by atoms with Crippen LogP contribution in [0.3, 0.4) is 0 Å². The van der Waals surface area contributed by atoms with Gasteiger partial charge in [-0.05, 0) is 109 Å². The number of carbonyl (C=O) groups is 9. The van der Waals surface area contributed by atoms with Crippen molar-refractivity contribution in [3.8, 4) is 0 Å². The SMILES string of the molecule is C=P(O)(OCCCCCCNC(=O)CCCCCCC(=O)[C@H](CCCCNC(=O)CCCCO[C@@H]1O[C@H](CO)[C@H](O)[C@H](O)[C@H]1NC(C)=O)NC(=O)[C@H](CCCCNC(=O)CCCCO[C@@H]1O[C@H](CO)[C@H](O)[C@H](O)[C@H]1NC(C)=O)NC(=O)CCCCO[C@@H]1C[C@H](CO)[C@H](O)[C@H](O)[C@H]1NC(C)=O)C(C)(C)C. The maximum Gasteiger partial charge on any atom is 0.243 e. The highest BCUT2D eigenvalue weighted by molar-refractivity contribution is 7.65. The number of aliphatic hydroxyl groups excluding tert-OH is 9. The third-order valence-electron chi connectivity index (χ3n) is 18.7. The summed E-state index contributed by atoms with van der Waals surface area (Å²) in [5.41, 5.74) is 0. The van der Waals surface area contributed by atoms with Gasteiger partial charge in [-0.2, -0.15) is 0 Å². The number of rotatable bonds is 53. The number of ether oxygens (including phenoxy) is 5. The minimum absolute atomic E-state index is 0.0474. The fourth-order valence-electron chi connectivity index (χ4n) is 12.2. The number of hydrogen-bond acceptors (Lipinski definition) is 25. The summed E-state index contributed by atoms with van der Waals surface area (Å²) in [6.07, 6.45) is 0.306. The number of amides is 8. The van der Waals surface area contributed by atoms with Gasteiger partial charge in [-0.1, -0.05) is 52.8 Å². The van der Waals surface area contributed by atoms with E-state index in [4.69, 9.17) is 28.2 Å². The van der Waals surface area contributed by atoms with Gasteiger partial charge in [-0.25, -0.2) is 0 Å². The molecule has 602 valence electrons. The maximum absolute atomic E-state index is 14.5. The van der Waals surface area contributed by atoms with Crippen LogP contribution in [0.25, 0.3) is 0 Å². The summed E-state index contributed by atoms with van der Waals surface area (Å²) in [7, 11) is -2.72. The van der Waals surface area contributed by atoms with E-state index in [1.807, 2.05) is 20.8 Å². The molecular weight excluding hydrogens is 1380 g/mol. The smallest absolute Gasteiger partial charge is 0.243 e. The fourth-order valence-corrected chi connectivity index (χ4v) is 13.0. The highest BCUT2D eigenvalue weighted by Crippen LogP contribution is 2.54. The van der Waals surface area contributed by atoms with E-state index in [1.165, 1.54) is 20.8 Å². The van der Waals surface area contributed by atoms with E-state index < -0.39 is 165 Å². The highest BCUT2D eigenvalue weighted by Gasteiger charge is 2.48. The molecular formula is C70H127N8O25P. The number of hydrogen-bond donors (Lipinski definition) is 18. The van der Waals surface area contributed by atoms with Crippen molar-refractivity contribution in [1.29, 1.82) is 0 Å². The molecule has 0 aromatic carbocycles. The quantitative estimate of drug-likeness (QED) is 0.0263. The van der Waals surface area contributed by atoms with Gasteiger partial charge in [-0.3, -0.25) is 43.2 Å². The summed E-state index contributed by atoms with van der Waals surface area (Å²) in [6, 6.07) is -5.28. The number of unbranched alkanes of at least 4 members (excludes halogenated alkanes) is 11. The van der Waals surface area contributed by atoms with E-state index in [1.54, 1.807) is 0 Å². The minimum atomic E-state index is -2.72. The lowest BCUT2D eigenvalue weighted by atomic mass is 9.79. The van der Waals surface area contributed by atoms with Crippen molar-refractivity contribution in [3.05, 3.63) is 0 Å². The molecule has 1 unspecified atom stereocenters. The Morgan fingerprint density at radius 3 is 1.29 bits per heavy atom. The molecule has 18 N–H and O–H groups in total. The van der Waals surface area contributed by atoms with Crippen LogP contribution in [0, 0.1) is 5.92 Å². The minimum Gasteiger partial charge on any atom is -0.396 e. The molecule has 2 aliphatic heterocycles. The number of aliphatic hydroxyl groups is 9. The molecule has 1 saturated carbocycles. The van der Waals surface area contributed by atoms with Crippen LogP contribution in [0.15, 0.2) is 0 Å². The second-order valence-electron chi connectivity index (χ2n) is 28.5. The Bertz CT molecular complexity index is 2610. The molecule has 0 spiro atoms. The number of Topliss-reactive ketones (excluding diaryl/α,β-unsaturated/α-hetero) is 1. The molecule has 34 heteroatoms. The second-order valence-corrected chi connectivity index (χ2v) is 31.5. The Hall–Kier alpha value is -4.91. The fraction of sp³-hybridized carbons (Fsp3) is 0.857. The average molecular weight is 1510 g/mol. The van der Waals surface area contributed by atoms with Gasteiger partial charge in [0.25, 0.3) is 0 Å². The van der Waals surface area contributed by atoms with Gasteiger partial charge in [0.1, 0.15) is 68.2 Å². The normalized spacial score (nSPS) is 26.0. The summed E-state index contributed by atoms with van der Waals surface area (Å²) in [5, 5.41) is 114. The molecule has 0 aromatic heterocycles. The molecule has 8 amide bonds. The van der Waals surface area contributed by atoms with Crippen LogP contribution in [0.2, 0.25) is 0 Å². The zero-order valence-electron chi connectivity index (χ0n) is 62.0. The first-order chi connectivity index (χ1) is 49.3. The van der Waals surface area contributed by atoms with Crippen molar-refractivity contribution in [1.82, 2.24) is 42.5 Å². The summed E-state index contributed by atoms with van der Waals surface area (Å²) < 4.78 is 34.4. The third-order valence-corrected chi connectivity index (χ3v) is 21.4. The molecule has 33 nitrogen and oxygen atoms in total. The molecule has 0 bridgehead atoms. The maximum atomic E-state index is 14.5. The number of carbonyl (C=O) groups excluding carboxylic acids is 9. The summed E-state index contributed by atoms with van der Waals surface area (Å²) in [4.78, 5) is 127. The van der Waals surface area contributed by atoms with Crippen LogP contribution < -0.4 is 42.5 Å². The monoisotopic (exact) mass is 1510 g/mol. The summed E-state index contributed by atoms with van der Waals surface area (Å²) in [5.74, 6) is -4.11. The predicted octanol–water partition coefficient (Wildman–Crippen LogP) is -0.742. The van der Waals surface area contributed by atoms with Crippen molar-refractivity contribution < 1.29 is 122 Å². The number of ketones is 1. The van der Waals surface area contributed by atoms with E-state index in [-0.39, 0.29) is 108 Å². The van der Waals surface area contributed by atoms with Gasteiger partial charge in [-0.15, -0.1) is 0 Å². The Morgan fingerprint density at radius 2 is 0.837 bits per heavy atom. The van der Waals surface area contributed by atoms with Crippen molar-refractivity contribution in [2.45, 2.75) is 311 Å². The average Bonchev–Trinajstić information content (AvgIpc) is 0.365. The van der Waals surface area contributed by atoms with E-state index in [9.17, 15) is 94.0 Å². The van der Waals surface area contributed by atoms with Crippen LogP contribution in [-0.2, 0) is 71.4 Å². The molecule has 2 saturated heterocycles. The molecule has 3 fully saturated rings. The number of nitrogens with one attached hydrogen (secondary N) is 8. The van der Waals surface area contributed by atoms with Crippen LogP contribution in [0.5, 0.6) is 0 Å². The lowest BCUT2D eigenvalue weighted by molar-refractivity contribution is -0.270. The molecule has 0 radical (unpaired) electrons. The van der Waals surface area contributed by atoms with Crippen LogP contribution in [0.4, 0.5) is 0 Å². The van der Waals surface area contributed by atoms with Crippen molar-refractivity contribution in [2.75, 3.05) is 65.9 Å². The van der Waals surface area contributed by atoms with Gasteiger partial charge in [0.2, 0.25) is 47.3 Å². The van der Waals surface area contributed by atoms with Gasteiger partial charge in [0.05, 0.1) is 44.1 Å². The standard InChI is InChI=1S/C70H127N8O25P/c1-44(82)74-58-51(40-47(41-79)61(90)64(58)93)98-36-23-18-32-57(89)77-49(27-15-21-35-73-56(88)31-17-25-38-100-69-60(76-46(3)84)66(95)63(92)53(43-81)103-69)67(96)78-48(50(85)28-12-8-9-13-29-54(86)71-33-19-10-11-22-39-101-104(7,97)70(4,5)6)26-14-20-34-72-55(87)30-16-24-37-99-68-59(75-45(2)83)65(94)62(91)52(42-80)102-68/h47-49,51-53,58-66,68-69,79-81,90-95,97H,7-43H2,1-6H3,(H,71,86)(H,72,87)(H,73,88)(H,74,82)(H,75,83)(H,76,84)(H,77,89)(H,78,96)/t47-,48+,49+,51-,52-,53-,58+,59-,60-,61+,62+,63+,64-,65-,66-,68-,69-,104?/m1/s1. The van der Waals surface area contributed by atoms with E-state index >= 15 is 0 Å². The van der Waals surface area contributed by atoms with Crippen molar-refractivity contribution in [2.24, 2.45) is 5.92 Å². The van der Waals surface area contributed by atoms with Crippen LogP contribution >= 0.6 is 7.34 Å². The Morgan fingerprint density at radius 1 is 0.452 bits per heavy atom. The van der Waals surface area contributed by atoms with E-state index in [0.717, 1.165) is 25.7 Å². The largest absolute Gasteiger partial charge is 0.396 e. The molecule has 18 atom stereocenters. The zero-order chi connectivity index (χ0) is 77.4. The Kier molecular flexibility index (Phi) is 45.5. The highest BCUT2D eigenvalue weighted by atomic mass is 31.2. The van der Waals surface area contributed by atoms with E-state index in [0.29, 0.717) is 103 Å². The predicted molar refractivity (Wildman–Crippen MR) is 382 cm³/mol. The van der Waals surface area contributed by atoms with Gasteiger partial charge < -0.3 is 122 Å². The lowest BCUT2D eigenvalue weighted by Crippen LogP contribution is -2.64. The topological polar surface area (TPSA) is 508 Å². The summed E-state index contributed by atoms with van der Waals surface area (Å²) >= 11 is 0. The zero-order valence-corrected chi connectivity index (χ0v) is 62.9. The van der Waals surface area contributed by atoms with Crippen LogP contribution in [-0.4, -0.2) is 279 Å². The first kappa shape index (κ1) is 93.3. The Labute approximate surface area is 612 Å². The van der Waals surface area contributed by atoms with Crippen LogP contribution in [0.1, 0.15) is 208 Å².